The molecule has 1 aromatic carbocycles. The number of carbonyl (C=O) groups excluding carboxylic acids is 4. The van der Waals surface area contributed by atoms with E-state index < -0.39 is 60.2 Å². The monoisotopic (exact) mass is 541 g/mol. The Labute approximate surface area is 219 Å². The molecule has 11 nitrogen and oxygen atoms in total. The van der Waals surface area contributed by atoms with Crippen molar-refractivity contribution in [1.82, 2.24) is 16.0 Å². The van der Waals surface area contributed by atoms with Crippen molar-refractivity contribution in [2.24, 2.45) is 11.5 Å². The zero-order valence-electron chi connectivity index (χ0n) is 20.4. The van der Waals surface area contributed by atoms with E-state index in [0.717, 1.165) is 5.56 Å². The first-order chi connectivity index (χ1) is 17.1. The van der Waals surface area contributed by atoms with Crippen LogP contribution in [0.1, 0.15) is 24.8 Å². The van der Waals surface area contributed by atoms with Crippen LogP contribution in [-0.4, -0.2) is 82.9 Å². The minimum Gasteiger partial charge on any atom is -0.480 e. The smallest absolute Gasteiger partial charge is 0.326 e. The number of nitrogens with two attached hydrogens (primary N) is 2. The van der Waals surface area contributed by atoms with Crippen molar-refractivity contribution in [3.63, 3.8) is 0 Å². The van der Waals surface area contributed by atoms with Crippen molar-refractivity contribution in [3.05, 3.63) is 35.9 Å². The number of carboxylic acid groups (broad SMARTS) is 1. The number of nitrogens with one attached hydrogen (secondary N) is 3. The molecule has 200 valence electrons. The number of amides is 4. The second-order valence-corrected chi connectivity index (χ2v) is 10.0. The van der Waals surface area contributed by atoms with Gasteiger partial charge in [-0.05, 0) is 42.4 Å². The molecular weight excluding hydrogens is 506 g/mol. The summed E-state index contributed by atoms with van der Waals surface area (Å²) in [5, 5.41) is 17.1. The molecule has 0 radical (unpaired) electrons. The van der Waals surface area contributed by atoms with Crippen molar-refractivity contribution in [2.75, 3.05) is 24.0 Å². The first kappa shape index (κ1) is 31.3. The molecular formula is C23H35N5O6S2. The van der Waals surface area contributed by atoms with Gasteiger partial charge in [0.15, 0.2) is 0 Å². The predicted octanol–water partition coefficient (Wildman–Crippen LogP) is -0.523. The number of primary amides is 1. The maximum atomic E-state index is 13.2. The summed E-state index contributed by atoms with van der Waals surface area (Å²) in [6, 6.07) is 4.46. The van der Waals surface area contributed by atoms with Crippen LogP contribution in [0, 0.1) is 0 Å². The lowest BCUT2D eigenvalue weighted by molar-refractivity contribution is -0.142. The number of hydrogen-bond donors (Lipinski definition) is 6. The molecule has 1 rings (SSSR count). The van der Waals surface area contributed by atoms with Gasteiger partial charge in [-0.15, -0.1) is 0 Å². The Morgan fingerprint density at radius 3 is 1.86 bits per heavy atom. The van der Waals surface area contributed by atoms with Gasteiger partial charge in [-0.25, -0.2) is 4.79 Å². The Bertz CT molecular complexity index is 889. The highest BCUT2D eigenvalue weighted by molar-refractivity contribution is 7.98. The molecule has 0 saturated heterocycles. The Morgan fingerprint density at radius 2 is 1.33 bits per heavy atom. The second kappa shape index (κ2) is 16.8. The largest absolute Gasteiger partial charge is 0.480 e. The first-order valence-electron chi connectivity index (χ1n) is 11.3. The van der Waals surface area contributed by atoms with Gasteiger partial charge in [-0.2, -0.15) is 23.5 Å². The standard InChI is InChI=1S/C23H35N5O6S2/c1-35-10-8-16(21(31)27-17(23(33)34)9-11-36-2)26-22(32)18(12-14-6-4-3-5-7-14)28-20(30)15(24)13-19(25)29/h3-7,15-18H,8-13,24H2,1-2H3,(H2,25,29)(H,26,32)(H,27,31)(H,28,30)(H,33,34). The van der Waals surface area contributed by atoms with Crippen LogP contribution in [0.5, 0.6) is 0 Å². The van der Waals surface area contributed by atoms with Gasteiger partial charge < -0.3 is 32.5 Å². The van der Waals surface area contributed by atoms with Crippen LogP contribution < -0.4 is 27.4 Å². The predicted molar refractivity (Wildman–Crippen MR) is 141 cm³/mol. The van der Waals surface area contributed by atoms with Crippen LogP contribution in [-0.2, 0) is 30.4 Å². The van der Waals surface area contributed by atoms with E-state index in [1.165, 1.54) is 23.5 Å². The summed E-state index contributed by atoms with van der Waals surface area (Å²) >= 11 is 2.92. The lowest BCUT2D eigenvalue weighted by Crippen LogP contribution is -2.58. The summed E-state index contributed by atoms with van der Waals surface area (Å²) in [5.41, 5.74) is 11.6. The maximum Gasteiger partial charge on any atom is 0.326 e. The molecule has 0 spiro atoms. The minimum absolute atomic E-state index is 0.101. The van der Waals surface area contributed by atoms with Crippen LogP contribution in [0.4, 0.5) is 0 Å². The number of rotatable bonds is 17. The van der Waals surface area contributed by atoms with Crippen LogP contribution in [0.2, 0.25) is 0 Å². The van der Waals surface area contributed by atoms with Gasteiger partial charge >= 0.3 is 5.97 Å². The van der Waals surface area contributed by atoms with E-state index in [-0.39, 0.29) is 19.3 Å². The summed E-state index contributed by atoms with van der Waals surface area (Å²) in [4.78, 5) is 61.4. The van der Waals surface area contributed by atoms with Gasteiger partial charge in [0.1, 0.15) is 18.1 Å². The Hall–Kier alpha value is -2.77. The maximum absolute atomic E-state index is 13.2. The van der Waals surface area contributed by atoms with E-state index in [4.69, 9.17) is 11.5 Å². The summed E-state index contributed by atoms with van der Waals surface area (Å²) in [5.74, 6) is -2.86. The van der Waals surface area contributed by atoms with E-state index in [2.05, 4.69) is 16.0 Å². The number of carbonyl (C=O) groups is 5. The molecule has 4 unspecified atom stereocenters. The van der Waals surface area contributed by atoms with Gasteiger partial charge in [0, 0.05) is 6.42 Å². The molecule has 13 heteroatoms. The zero-order chi connectivity index (χ0) is 27.1. The van der Waals surface area contributed by atoms with Crippen molar-refractivity contribution < 1.29 is 29.1 Å². The van der Waals surface area contributed by atoms with Gasteiger partial charge in [-0.1, -0.05) is 30.3 Å². The van der Waals surface area contributed by atoms with Gasteiger partial charge in [0.25, 0.3) is 0 Å². The third kappa shape index (κ3) is 11.8. The number of benzene rings is 1. The van der Waals surface area contributed by atoms with Crippen molar-refractivity contribution in [2.45, 2.75) is 49.9 Å². The topological polar surface area (TPSA) is 194 Å². The average Bonchev–Trinajstić information content (AvgIpc) is 2.83. The second-order valence-electron chi connectivity index (χ2n) is 8.05. The van der Waals surface area contributed by atoms with E-state index >= 15 is 0 Å². The number of aliphatic carboxylic acids is 1. The van der Waals surface area contributed by atoms with Gasteiger partial charge in [0.05, 0.1) is 12.5 Å². The summed E-state index contributed by atoms with van der Waals surface area (Å²) in [6.07, 6.45) is 3.87. The van der Waals surface area contributed by atoms with Crippen LogP contribution in [0.25, 0.3) is 0 Å². The summed E-state index contributed by atoms with van der Waals surface area (Å²) < 4.78 is 0. The molecule has 0 aliphatic heterocycles. The molecule has 0 aliphatic rings. The molecule has 0 aliphatic carbocycles. The van der Waals surface area contributed by atoms with Crippen LogP contribution in [0.3, 0.4) is 0 Å². The molecule has 4 atom stereocenters. The quantitative estimate of drug-likeness (QED) is 0.150. The Balaban J connectivity index is 3.06. The minimum atomic E-state index is -1.24. The highest BCUT2D eigenvalue weighted by Gasteiger charge is 2.30. The van der Waals surface area contributed by atoms with E-state index in [0.29, 0.717) is 11.5 Å². The van der Waals surface area contributed by atoms with Crippen LogP contribution in [0.15, 0.2) is 30.3 Å². The molecule has 0 aromatic heterocycles. The van der Waals surface area contributed by atoms with Crippen molar-refractivity contribution in [3.8, 4) is 0 Å². The third-order valence-electron chi connectivity index (χ3n) is 5.14. The Morgan fingerprint density at radius 1 is 0.833 bits per heavy atom. The molecule has 0 fully saturated rings. The molecule has 0 bridgehead atoms. The van der Waals surface area contributed by atoms with Crippen molar-refractivity contribution >= 4 is 53.1 Å². The van der Waals surface area contributed by atoms with Crippen LogP contribution >= 0.6 is 23.5 Å². The average molecular weight is 542 g/mol. The Kier molecular flexibility index (Phi) is 14.6. The van der Waals surface area contributed by atoms with Gasteiger partial charge in [-0.3, -0.25) is 19.2 Å². The van der Waals surface area contributed by atoms with E-state index in [1.54, 1.807) is 30.3 Å². The molecule has 1 aromatic rings. The van der Waals surface area contributed by atoms with Crippen molar-refractivity contribution in [1.29, 1.82) is 0 Å². The zero-order valence-corrected chi connectivity index (χ0v) is 22.0. The van der Waals surface area contributed by atoms with Gasteiger partial charge in [0.2, 0.25) is 23.6 Å². The molecule has 8 N–H and O–H groups in total. The highest BCUT2D eigenvalue weighted by Crippen LogP contribution is 2.08. The molecule has 0 saturated carbocycles. The third-order valence-corrected chi connectivity index (χ3v) is 6.43. The lowest BCUT2D eigenvalue weighted by atomic mass is 10.0. The van der Waals surface area contributed by atoms with E-state index in [9.17, 15) is 29.1 Å². The highest BCUT2D eigenvalue weighted by atomic mass is 32.2. The molecule has 36 heavy (non-hydrogen) atoms. The fourth-order valence-corrected chi connectivity index (χ4v) is 4.13. The fraction of sp³-hybridized carbons (Fsp3) is 0.522. The fourth-order valence-electron chi connectivity index (χ4n) is 3.19. The number of carboxylic acids is 1. The lowest BCUT2D eigenvalue weighted by Gasteiger charge is -2.25. The normalized spacial score (nSPS) is 14.1. The number of thioether (sulfide) groups is 2. The molecule has 4 amide bonds. The summed E-state index contributed by atoms with van der Waals surface area (Å²) in [7, 11) is 0. The summed E-state index contributed by atoms with van der Waals surface area (Å²) in [6.45, 7) is 0. The SMILES string of the molecule is CSCCC(NC(=O)C(CCSC)NC(=O)C(Cc1ccccc1)NC(=O)C(N)CC(N)=O)C(=O)O. The molecule has 0 heterocycles. The number of hydrogen-bond acceptors (Lipinski definition) is 8. The first-order valence-corrected chi connectivity index (χ1v) is 14.1. The van der Waals surface area contributed by atoms with E-state index in [1.807, 2.05) is 12.5 Å².